The smallest absolute Gasteiger partial charge is 0.0993 e. The van der Waals surface area contributed by atoms with E-state index in [9.17, 15) is 0 Å². The lowest BCUT2D eigenvalue weighted by atomic mass is 9.97. The molecular formula is C22H38N2. The highest BCUT2D eigenvalue weighted by molar-refractivity contribution is 5.82. The van der Waals surface area contributed by atoms with Gasteiger partial charge in [0.15, 0.2) is 0 Å². The van der Waals surface area contributed by atoms with Gasteiger partial charge in [0.1, 0.15) is 0 Å². The number of rotatable bonds is 5. The lowest BCUT2D eigenvalue weighted by molar-refractivity contribution is 0.426. The second-order valence-electron chi connectivity index (χ2n) is 7.97. The number of allylic oxidation sites excluding steroid dienone is 4. The Balaban J connectivity index is 2.93. The maximum absolute atomic E-state index is 5.11. The molecule has 0 aromatic heterocycles. The lowest BCUT2D eigenvalue weighted by Gasteiger charge is -2.28. The van der Waals surface area contributed by atoms with Gasteiger partial charge < -0.3 is 4.90 Å². The molecule has 1 heterocycles. The summed E-state index contributed by atoms with van der Waals surface area (Å²) in [5.74, 6) is 2.30. The summed E-state index contributed by atoms with van der Waals surface area (Å²) in [5, 5.41) is 0. The molecule has 1 atom stereocenters. The van der Waals surface area contributed by atoms with Crippen LogP contribution in [-0.2, 0) is 0 Å². The Morgan fingerprint density at radius 3 is 2.75 bits per heavy atom. The molecule has 0 aromatic carbocycles. The van der Waals surface area contributed by atoms with E-state index in [1.807, 2.05) is 0 Å². The van der Waals surface area contributed by atoms with Gasteiger partial charge in [0.05, 0.1) is 11.4 Å². The van der Waals surface area contributed by atoms with Crippen LogP contribution in [0.2, 0.25) is 0 Å². The van der Waals surface area contributed by atoms with Crippen LogP contribution in [0.3, 0.4) is 0 Å². The molecule has 24 heavy (non-hydrogen) atoms. The predicted octanol–water partition coefficient (Wildman–Crippen LogP) is 6.02. The van der Waals surface area contributed by atoms with E-state index in [1.54, 1.807) is 0 Å². The van der Waals surface area contributed by atoms with Gasteiger partial charge in [0, 0.05) is 25.9 Å². The van der Waals surface area contributed by atoms with Crippen molar-refractivity contribution >= 4 is 5.84 Å². The molecule has 2 heteroatoms. The fourth-order valence-corrected chi connectivity index (χ4v) is 2.99. The maximum Gasteiger partial charge on any atom is 0.0993 e. The fraction of sp³-hybridized carbons (Fsp3) is 0.682. The molecule has 1 unspecified atom stereocenters. The van der Waals surface area contributed by atoms with Crippen molar-refractivity contribution in [3.63, 3.8) is 0 Å². The predicted molar refractivity (Wildman–Crippen MR) is 109 cm³/mol. The highest BCUT2D eigenvalue weighted by Gasteiger charge is 2.19. The highest BCUT2D eigenvalue weighted by Crippen LogP contribution is 2.21. The summed E-state index contributed by atoms with van der Waals surface area (Å²) in [6, 6.07) is 0. The fourth-order valence-electron chi connectivity index (χ4n) is 2.99. The SMILES string of the molecule is CCC/C1=N/C(C)(C)CCCC=CC(/C=C\C=C/C(C)C)CN1C. The molecule has 0 bridgehead atoms. The highest BCUT2D eigenvalue weighted by atomic mass is 15.2. The number of nitrogens with zero attached hydrogens (tertiary/aromatic N) is 2. The standard InChI is InChI=1S/C22H38N2/c1-7-13-21-23-22(4,5)17-12-8-9-15-20(18-24(21)6)16-11-10-14-19(2)3/h9-11,14-16,19-20H,7-8,12-13,17-18H2,1-6H3/b14-10-,15-9?,16-11-,23-21-. The topological polar surface area (TPSA) is 15.6 Å². The Hall–Kier alpha value is -1.31. The summed E-state index contributed by atoms with van der Waals surface area (Å²) < 4.78 is 0. The van der Waals surface area contributed by atoms with Gasteiger partial charge in [0.2, 0.25) is 0 Å². The molecule has 0 saturated carbocycles. The van der Waals surface area contributed by atoms with Crippen molar-refractivity contribution < 1.29 is 0 Å². The van der Waals surface area contributed by atoms with E-state index in [-0.39, 0.29) is 5.54 Å². The van der Waals surface area contributed by atoms with Crippen LogP contribution in [0.5, 0.6) is 0 Å². The normalized spacial score (nSPS) is 25.2. The molecule has 1 rings (SSSR count). The summed E-state index contributed by atoms with van der Waals surface area (Å²) in [5.41, 5.74) is 0.0439. The van der Waals surface area contributed by atoms with Crippen LogP contribution in [0.15, 0.2) is 41.4 Å². The molecule has 0 saturated heterocycles. The third-order valence-corrected chi connectivity index (χ3v) is 4.34. The zero-order valence-corrected chi connectivity index (χ0v) is 16.8. The van der Waals surface area contributed by atoms with E-state index in [0.717, 1.165) is 32.2 Å². The van der Waals surface area contributed by atoms with Crippen LogP contribution in [0.1, 0.15) is 66.7 Å². The van der Waals surface area contributed by atoms with Crippen molar-refractivity contribution in [1.29, 1.82) is 0 Å². The van der Waals surface area contributed by atoms with Crippen LogP contribution in [0.4, 0.5) is 0 Å². The molecule has 2 nitrogen and oxygen atoms in total. The van der Waals surface area contributed by atoms with E-state index in [1.165, 1.54) is 12.3 Å². The van der Waals surface area contributed by atoms with E-state index in [4.69, 9.17) is 4.99 Å². The molecule has 136 valence electrons. The summed E-state index contributed by atoms with van der Waals surface area (Å²) >= 11 is 0. The molecule has 0 fully saturated rings. The number of amidine groups is 1. The third kappa shape index (κ3) is 8.52. The van der Waals surface area contributed by atoms with Gasteiger partial charge in [-0.1, -0.05) is 57.2 Å². The molecule has 0 aliphatic carbocycles. The summed E-state index contributed by atoms with van der Waals surface area (Å²) in [6.45, 7) is 12.2. The van der Waals surface area contributed by atoms with Crippen LogP contribution in [0.25, 0.3) is 0 Å². The average Bonchev–Trinajstić information content (AvgIpc) is 2.51. The first kappa shape index (κ1) is 20.7. The maximum atomic E-state index is 5.11. The summed E-state index contributed by atoms with van der Waals surface area (Å²) in [6.07, 6.45) is 19.4. The molecule has 0 spiro atoms. The van der Waals surface area contributed by atoms with E-state index >= 15 is 0 Å². The molecule has 0 N–H and O–H groups in total. The number of hydrogen-bond donors (Lipinski definition) is 0. The molecular weight excluding hydrogens is 292 g/mol. The van der Waals surface area contributed by atoms with E-state index in [0.29, 0.717) is 11.8 Å². The first-order chi connectivity index (χ1) is 11.3. The van der Waals surface area contributed by atoms with Crippen LogP contribution in [-0.4, -0.2) is 29.9 Å². The van der Waals surface area contributed by atoms with Crippen LogP contribution in [0, 0.1) is 11.8 Å². The van der Waals surface area contributed by atoms with Gasteiger partial charge >= 0.3 is 0 Å². The minimum absolute atomic E-state index is 0.0439. The molecule has 0 amide bonds. The largest absolute Gasteiger partial charge is 0.363 e. The molecule has 1 aliphatic heterocycles. The number of hydrogen-bond acceptors (Lipinski definition) is 2. The number of aliphatic imine (C=N–C) groups is 1. The zero-order valence-electron chi connectivity index (χ0n) is 16.8. The second-order valence-corrected chi connectivity index (χ2v) is 7.97. The minimum Gasteiger partial charge on any atom is -0.363 e. The summed E-state index contributed by atoms with van der Waals surface area (Å²) in [4.78, 5) is 7.48. The Kier molecular flexibility index (Phi) is 9.10. The Morgan fingerprint density at radius 2 is 2.08 bits per heavy atom. The summed E-state index contributed by atoms with van der Waals surface area (Å²) in [7, 11) is 2.20. The van der Waals surface area contributed by atoms with Gasteiger partial charge in [-0.15, -0.1) is 0 Å². The van der Waals surface area contributed by atoms with Crippen molar-refractivity contribution in [3.05, 3.63) is 36.5 Å². The first-order valence-corrected chi connectivity index (χ1v) is 9.65. The van der Waals surface area contributed by atoms with Crippen molar-refractivity contribution in [2.45, 2.75) is 72.3 Å². The Bertz CT molecular complexity index is 466. The lowest BCUT2D eigenvalue weighted by Crippen LogP contribution is -2.33. The molecule has 0 radical (unpaired) electrons. The Labute approximate surface area is 150 Å². The van der Waals surface area contributed by atoms with Crippen LogP contribution < -0.4 is 0 Å². The van der Waals surface area contributed by atoms with Crippen molar-refractivity contribution in [2.75, 3.05) is 13.6 Å². The Morgan fingerprint density at radius 1 is 1.33 bits per heavy atom. The second kappa shape index (κ2) is 10.5. The zero-order chi connectivity index (χ0) is 18.0. The van der Waals surface area contributed by atoms with Crippen molar-refractivity contribution in [3.8, 4) is 0 Å². The quantitative estimate of drug-likeness (QED) is 0.444. The monoisotopic (exact) mass is 330 g/mol. The minimum atomic E-state index is 0.0439. The third-order valence-electron chi connectivity index (χ3n) is 4.34. The van der Waals surface area contributed by atoms with E-state index < -0.39 is 0 Å². The van der Waals surface area contributed by atoms with Gasteiger partial charge in [-0.2, -0.15) is 0 Å². The van der Waals surface area contributed by atoms with Gasteiger partial charge in [-0.25, -0.2) is 0 Å². The average molecular weight is 331 g/mol. The van der Waals surface area contributed by atoms with Gasteiger partial charge in [-0.3, -0.25) is 4.99 Å². The van der Waals surface area contributed by atoms with Crippen molar-refractivity contribution in [2.24, 2.45) is 16.8 Å². The van der Waals surface area contributed by atoms with Gasteiger partial charge in [0.25, 0.3) is 0 Å². The van der Waals surface area contributed by atoms with Gasteiger partial charge in [-0.05, 0) is 45.4 Å². The first-order valence-electron chi connectivity index (χ1n) is 9.65. The molecule has 0 aromatic rings. The molecule has 1 aliphatic rings. The van der Waals surface area contributed by atoms with Crippen LogP contribution >= 0.6 is 0 Å². The van der Waals surface area contributed by atoms with E-state index in [2.05, 4.69) is 83.0 Å². The van der Waals surface area contributed by atoms with Crippen molar-refractivity contribution in [1.82, 2.24) is 4.90 Å².